The van der Waals surface area contributed by atoms with E-state index in [1.807, 2.05) is 6.92 Å². The topological polar surface area (TPSA) is 21.3 Å². The highest BCUT2D eigenvalue weighted by Crippen LogP contribution is 2.26. The summed E-state index contributed by atoms with van der Waals surface area (Å²) < 4.78 is 19.5. The summed E-state index contributed by atoms with van der Waals surface area (Å²) in [5, 5.41) is 3.34. The summed E-state index contributed by atoms with van der Waals surface area (Å²) in [6.07, 6.45) is -0.0210. The minimum atomic E-state index is -0.292. The number of hydrogen-bond donors (Lipinski definition) is 1. The van der Waals surface area contributed by atoms with Crippen molar-refractivity contribution in [2.75, 3.05) is 6.54 Å². The lowest BCUT2D eigenvalue weighted by molar-refractivity contribution is 0.201. The van der Waals surface area contributed by atoms with E-state index in [0.717, 1.165) is 4.47 Å². The smallest absolute Gasteiger partial charge is 0.136 e. The average Bonchev–Trinajstić information content (AvgIpc) is 2.20. The van der Waals surface area contributed by atoms with Gasteiger partial charge in [-0.1, -0.05) is 0 Å². The number of hydrogen-bond acceptors (Lipinski definition) is 2. The van der Waals surface area contributed by atoms with Gasteiger partial charge < -0.3 is 10.1 Å². The first kappa shape index (κ1) is 14.5. The van der Waals surface area contributed by atoms with Gasteiger partial charge in [-0.25, -0.2) is 4.39 Å². The summed E-state index contributed by atoms with van der Waals surface area (Å²) in [5.74, 6) is 0.243. The zero-order chi connectivity index (χ0) is 13.1. The molecule has 0 saturated heterocycles. The fraction of sp³-hybridized carbons (Fsp3) is 0.538. The second-order valence-electron chi connectivity index (χ2n) is 5.13. The Morgan fingerprint density at radius 1 is 1.41 bits per heavy atom. The molecule has 1 rings (SSSR count). The van der Waals surface area contributed by atoms with Gasteiger partial charge in [0.05, 0.1) is 4.47 Å². The summed E-state index contributed by atoms with van der Waals surface area (Å²) in [6.45, 7) is 8.95. The molecule has 0 fully saturated rings. The van der Waals surface area contributed by atoms with E-state index < -0.39 is 0 Å². The van der Waals surface area contributed by atoms with E-state index in [2.05, 4.69) is 42.0 Å². The molecule has 1 N–H and O–H groups in total. The van der Waals surface area contributed by atoms with E-state index in [4.69, 9.17) is 4.74 Å². The first-order valence-electron chi connectivity index (χ1n) is 5.64. The molecule has 0 radical (unpaired) electrons. The third kappa shape index (κ3) is 5.50. The SMILES string of the molecule is CC(CNC(C)(C)C)Oc1cc(F)ccc1Br. The van der Waals surface area contributed by atoms with Crippen molar-refractivity contribution in [1.29, 1.82) is 0 Å². The minimum Gasteiger partial charge on any atom is -0.488 e. The first-order valence-corrected chi connectivity index (χ1v) is 6.44. The molecule has 1 atom stereocenters. The van der Waals surface area contributed by atoms with Crippen LogP contribution in [0.4, 0.5) is 4.39 Å². The van der Waals surface area contributed by atoms with Crippen LogP contribution >= 0.6 is 15.9 Å². The van der Waals surface area contributed by atoms with Gasteiger partial charge in [0.1, 0.15) is 17.7 Å². The van der Waals surface area contributed by atoms with E-state index in [1.54, 1.807) is 6.07 Å². The Labute approximate surface area is 111 Å². The highest BCUT2D eigenvalue weighted by molar-refractivity contribution is 9.10. The van der Waals surface area contributed by atoms with Crippen LogP contribution in [0.5, 0.6) is 5.75 Å². The lowest BCUT2D eigenvalue weighted by Crippen LogP contribution is -2.41. The van der Waals surface area contributed by atoms with Crippen molar-refractivity contribution in [2.24, 2.45) is 0 Å². The Balaban J connectivity index is 2.56. The van der Waals surface area contributed by atoms with Crippen LogP contribution < -0.4 is 10.1 Å². The van der Waals surface area contributed by atoms with E-state index in [0.29, 0.717) is 12.3 Å². The summed E-state index contributed by atoms with van der Waals surface area (Å²) in [4.78, 5) is 0. The van der Waals surface area contributed by atoms with E-state index in [9.17, 15) is 4.39 Å². The lowest BCUT2D eigenvalue weighted by Gasteiger charge is -2.24. The summed E-state index contributed by atoms with van der Waals surface area (Å²) in [6, 6.07) is 4.43. The first-order chi connectivity index (χ1) is 7.78. The standard InChI is InChI=1S/C13H19BrFNO/c1-9(8-16-13(2,3)4)17-12-7-10(15)5-6-11(12)14/h5-7,9,16H,8H2,1-4H3. The van der Waals surface area contributed by atoms with Crippen molar-refractivity contribution in [3.8, 4) is 5.75 Å². The van der Waals surface area contributed by atoms with Gasteiger partial charge in [-0.3, -0.25) is 0 Å². The maximum Gasteiger partial charge on any atom is 0.136 e. The summed E-state index contributed by atoms with van der Waals surface area (Å²) in [7, 11) is 0. The molecule has 0 aliphatic carbocycles. The Morgan fingerprint density at radius 3 is 2.65 bits per heavy atom. The molecular weight excluding hydrogens is 285 g/mol. The van der Waals surface area contributed by atoms with E-state index in [1.165, 1.54) is 12.1 Å². The predicted octanol–water partition coefficient (Wildman–Crippen LogP) is 3.74. The van der Waals surface area contributed by atoms with Crippen molar-refractivity contribution in [2.45, 2.75) is 39.3 Å². The monoisotopic (exact) mass is 303 g/mol. The number of ether oxygens (including phenoxy) is 1. The third-order valence-corrected chi connectivity index (χ3v) is 2.80. The van der Waals surface area contributed by atoms with Gasteiger partial charge in [-0.2, -0.15) is 0 Å². The highest BCUT2D eigenvalue weighted by Gasteiger charge is 2.13. The quantitative estimate of drug-likeness (QED) is 0.915. The molecule has 1 aromatic rings. The summed E-state index contributed by atoms with van der Waals surface area (Å²) in [5.41, 5.74) is 0.0524. The molecule has 1 unspecified atom stereocenters. The Hall–Kier alpha value is -0.610. The molecule has 0 aromatic heterocycles. The predicted molar refractivity (Wildman–Crippen MR) is 71.9 cm³/mol. The van der Waals surface area contributed by atoms with Gasteiger partial charge >= 0.3 is 0 Å². The van der Waals surface area contributed by atoms with Crippen LogP contribution in [0.2, 0.25) is 0 Å². The lowest BCUT2D eigenvalue weighted by atomic mass is 10.1. The van der Waals surface area contributed by atoms with Crippen molar-refractivity contribution in [1.82, 2.24) is 5.32 Å². The molecule has 0 aliphatic heterocycles. The van der Waals surface area contributed by atoms with Crippen LogP contribution in [0.3, 0.4) is 0 Å². The molecule has 2 nitrogen and oxygen atoms in total. The van der Waals surface area contributed by atoms with Crippen molar-refractivity contribution >= 4 is 15.9 Å². The Kier molecular flexibility index (Phi) is 4.95. The molecule has 0 aliphatic rings. The van der Waals surface area contributed by atoms with Crippen molar-refractivity contribution in [3.05, 3.63) is 28.5 Å². The third-order valence-electron chi connectivity index (χ3n) is 2.14. The van der Waals surface area contributed by atoms with Gasteiger partial charge in [-0.15, -0.1) is 0 Å². The van der Waals surface area contributed by atoms with Crippen LogP contribution in [0, 0.1) is 5.82 Å². The minimum absolute atomic E-state index is 0.0210. The molecule has 0 amide bonds. The van der Waals surface area contributed by atoms with Crippen molar-refractivity contribution in [3.63, 3.8) is 0 Å². The van der Waals surface area contributed by atoms with E-state index >= 15 is 0 Å². The van der Waals surface area contributed by atoms with Gasteiger partial charge in [0, 0.05) is 18.2 Å². The molecular formula is C13H19BrFNO. The Morgan fingerprint density at radius 2 is 2.06 bits per heavy atom. The van der Waals surface area contributed by atoms with Gasteiger partial charge in [0.2, 0.25) is 0 Å². The zero-order valence-corrected chi connectivity index (χ0v) is 12.3. The molecule has 96 valence electrons. The zero-order valence-electron chi connectivity index (χ0n) is 10.7. The van der Waals surface area contributed by atoms with Gasteiger partial charge in [0.25, 0.3) is 0 Å². The molecule has 4 heteroatoms. The summed E-state index contributed by atoms with van der Waals surface area (Å²) >= 11 is 3.34. The molecule has 0 heterocycles. The number of nitrogens with one attached hydrogen (secondary N) is 1. The number of benzene rings is 1. The van der Waals surface area contributed by atoms with Gasteiger partial charge in [-0.05, 0) is 55.8 Å². The molecule has 0 bridgehead atoms. The van der Waals surface area contributed by atoms with E-state index in [-0.39, 0.29) is 17.5 Å². The maximum atomic E-state index is 13.1. The maximum absolute atomic E-state index is 13.1. The fourth-order valence-electron chi connectivity index (χ4n) is 1.28. The van der Waals surface area contributed by atoms with Crippen LogP contribution in [0.25, 0.3) is 0 Å². The second-order valence-corrected chi connectivity index (χ2v) is 5.99. The molecule has 1 aromatic carbocycles. The van der Waals surface area contributed by atoms with Crippen LogP contribution in [0.15, 0.2) is 22.7 Å². The Bertz CT molecular complexity index is 376. The molecule has 0 saturated carbocycles. The molecule has 17 heavy (non-hydrogen) atoms. The molecule has 0 spiro atoms. The average molecular weight is 304 g/mol. The van der Waals surface area contributed by atoms with Crippen molar-refractivity contribution < 1.29 is 9.13 Å². The number of halogens is 2. The van der Waals surface area contributed by atoms with Crippen LogP contribution in [-0.2, 0) is 0 Å². The van der Waals surface area contributed by atoms with Gasteiger partial charge in [0.15, 0.2) is 0 Å². The second kappa shape index (κ2) is 5.83. The largest absolute Gasteiger partial charge is 0.488 e. The number of rotatable bonds is 4. The van der Waals surface area contributed by atoms with Crippen LogP contribution in [0.1, 0.15) is 27.7 Å². The van der Waals surface area contributed by atoms with Crippen LogP contribution in [-0.4, -0.2) is 18.2 Å². The fourth-order valence-corrected chi connectivity index (χ4v) is 1.62. The normalized spacial score (nSPS) is 13.5. The highest BCUT2D eigenvalue weighted by atomic mass is 79.9.